The highest BCUT2D eigenvalue weighted by molar-refractivity contribution is 6.45. The zero-order chi connectivity index (χ0) is 13.8. The maximum atomic E-state index is 6.29. The molecular weight excluding hydrogens is 406 g/mol. The Bertz CT molecular complexity index is 372. The van der Waals surface area contributed by atoms with E-state index in [1.807, 2.05) is 0 Å². The summed E-state index contributed by atoms with van der Waals surface area (Å²) in [6.07, 6.45) is 0. The van der Waals surface area contributed by atoms with Crippen molar-refractivity contribution in [3.8, 4) is 0 Å². The molecule has 0 fully saturated rings. The normalized spacial score (nSPS) is 44.8. The summed E-state index contributed by atoms with van der Waals surface area (Å²) < 4.78 is 0. The lowest BCUT2D eigenvalue weighted by molar-refractivity contribution is 0.363. The summed E-state index contributed by atoms with van der Waals surface area (Å²) in [5.41, 5.74) is 0.607. The molecule has 1 aliphatic heterocycles. The van der Waals surface area contributed by atoms with Crippen molar-refractivity contribution < 1.29 is 0 Å². The van der Waals surface area contributed by atoms with Gasteiger partial charge in [-0.05, 0) is 5.57 Å². The predicted molar refractivity (Wildman–Crippen MR) is 82.2 cm³/mol. The molecule has 2 rings (SSSR count). The molecule has 9 heteroatoms. The summed E-state index contributed by atoms with van der Waals surface area (Å²) in [4.78, 5) is 0.630. The molecule has 0 saturated heterocycles. The second kappa shape index (κ2) is 5.93. The average molecular weight is 413 g/mol. The molecule has 0 saturated carbocycles. The molecule has 104 valence electrons. The SMILES string of the molecule is ClC1C2=C(C(Cl)C(Cl)C1Cl)N(C(Cl)Cl)C(Cl)C2Cl. The Kier molecular flexibility index (Phi) is 5.35. The van der Waals surface area contributed by atoms with Gasteiger partial charge in [0.25, 0.3) is 0 Å². The van der Waals surface area contributed by atoms with Gasteiger partial charge < -0.3 is 4.90 Å². The Balaban J connectivity index is 2.50. The Morgan fingerprint density at radius 3 is 1.78 bits per heavy atom. The van der Waals surface area contributed by atoms with E-state index in [4.69, 9.17) is 92.8 Å². The van der Waals surface area contributed by atoms with Crippen molar-refractivity contribution in [1.29, 1.82) is 0 Å². The van der Waals surface area contributed by atoms with Crippen LogP contribution in [0.1, 0.15) is 0 Å². The van der Waals surface area contributed by atoms with E-state index in [0.29, 0.717) is 11.3 Å². The minimum atomic E-state index is -0.887. The first-order valence-corrected chi connectivity index (χ1v) is 8.43. The molecule has 6 atom stereocenters. The maximum absolute atomic E-state index is 6.29. The van der Waals surface area contributed by atoms with Crippen LogP contribution in [-0.4, -0.2) is 42.2 Å². The second-order valence-electron chi connectivity index (χ2n) is 3.99. The van der Waals surface area contributed by atoms with E-state index in [0.717, 1.165) is 0 Å². The molecule has 1 nitrogen and oxygen atoms in total. The van der Waals surface area contributed by atoms with Crippen molar-refractivity contribution in [2.24, 2.45) is 0 Å². The van der Waals surface area contributed by atoms with Crippen LogP contribution in [0.4, 0.5) is 0 Å². The summed E-state index contributed by atoms with van der Waals surface area (Å²) in [5.74, 6) is 0. The van der Waals surface area contributed by atoms with Gasteiger partial charge in [-0.3, -0.25) is 0 Å². The summed E-state index contributed by atoms with van der Waals surface area (Å²) in [5, 5.41) is -2.81. The van der Waals surface area contributed by atoms with E-state index < -0.39 is 37.3 Å². The number of halogens is 8. The zero-order valence-electron chi connectivity index (χ0n) is 8.51. The van der Waals surface area contributed by atoms with E-state index in [-0.39, 0.29) is 0 Å². The summed E-state index contributed by atoms with van der Waals surface area (Å²) >= 11 is 49.1. The highest BCUT2D eigenvalue weighted by Crippen LogP contribution is 2.50. The Labute approximate surface area is 145 Å². The highest BCUT2D eigenvalue weighted by Gasteiger charge is 2.53. The first-order valence-electron chi connectivity index (χ1n) is 4.94. The van der Waals surface area contributed by atoms with Crippen molar-refractivity contribution >= 4 is 92.8 Å². The van der Waals surface area contributed by atoms with Crippen molar-refractivity contribution in [2.45, 2.75) is 37.3 Å². The molecule has 1 aliphatic carbocycles. The topological polar surface area (TPSA) is 3.24 Å². The third kappa shape index (κ3) is 2.41. The number of nitrogens with zero attached hydrogens (tertiary/aromatic N) is 1. The van der Waals surface area contributed by atoms with Gasteiger partial charge in [0.05, 0.1) is 26.9 Å². The fraction of sp³-hybridized carbons (Fsp3) is 0.778. The van der Waals surface area contributed by atoms with Crippen LogP contribution < -0.4 is 0 Å². The molecule has 0 N–H and O–H groups in total. The lowest BCUT2D eigenvalue weighted by atomic mass is 9.94. The quantitative estimate of drug-likeness (QED) is 0.436. The molecule has 0 bridgehead atoms. The van der Waals surface area contributed by atoms with Gasteiger partial charge in [-0.25, -0.2) is 0 Å². The van der Waals surface area contributed by atoms with E-state index in [9.17, 15) is 0 Å². The fourth-order valence-corrected chi connectivity index (χ4v) is 5.02. The molecule has 0 aromatic heterocycles. The minimum Gasteiger partial charge on any atom is -0.326 e. The average Bonchev–Trinajstić information content (AvgIpc) is 2.57. The van der Waals surface area contributed by atoms with Gasteiger partial charge in [-0.15, -0.1) is 58.0 Å². The molecule has 6 unspecified atom stereocenters. The van der Waals surface area contributed by atoms with E-state index in [2.05, 4.69) is 0 Å². The van der Waals surface area contributed by atoms with Crippen molar-refractivity contribution in [2.75, 3.05) is 0 Å². The largest absolute Gasteiger partial charge is 0.326 e. The number of hydrogen-bond acceptors (Lipinski definition) is 1. The summed E-state index contributed by atoms with van der Waals surface area (Å²) in [7, 11) is 0. The van der Waals surface area contributed by atoms with Gasteiger partial charge in [-0.1, -0.05) is 34.8 Å². The summed E-state index contributed by atoms with van der Waals surface area (Å²) in [6, 6.07) is 0. The van der Waals surface area contributed by atoms with Crippen LogP contribution in [-0.2, 0) is 0 Å². The second-order valence-corrected chi connectivity index (χ2v) is 7.91. The fourth-order valence-electron chi connectivity index (χ4n) is 2.17. The van der Waals surface area contributed by atoms with Crippen molar-refractivity contribution in [1.82, 2.24) is 4.90 Å². The smallest absolute Gasteiger partial charge is 0.180 e. The third-order valence-corrected chi connectivity index (χ3v) is 6.91. The van der Waals surface area contributed by atoms with Crippen LogP contribution in [0.25, 0.3) is 0 Å². The highest BCUT2D eigenvalue weighted by atomic mass is 35.5. The number of rotatable bonds is 1. The van der Waals surface area contributed by atoms with Gasteiger partial charge in [0.2, 0.25) is 0 Å². The first kappa shape index (κ1) is 16.2. The van der Waals surface area contributed by atoms with Crippen LogP contribution in [0.2, 0.25) is 0 Å². The first-order chi connectivity index (χ1) is 8.29. The lowest BCUT2D eigenvalue weighted by Crippen LogP contribution is -2.43. The predicted octanol–water partition coefficient (Wildman–Crippen LogP) is 4.93. The van der Waals surface area contributed by atoms with Crippen LogP contribution >= 0.6 is 92.8 Å². The van der Waals surface area contributed by atoms with Gasteiger partial charge in [-0.2, -0.15) is 0 Å². The summed E-state index contributed by atoms with van der Waals surface area (Å²) in [6.45, 7) is 0. The maximum Gasteiger partial charge on any atom is 0.180 e. The van der Waals surface area contributed by atoms with E-state index >= 15 is 0 Å². The van der Waals surface area contributed by atoms with Crippen LogP contribution in [0.15, 0.2) is 11.3 Å². The van der Waals surface area contributed by atoms with Gasteiger partial charge in [0.1, 0.15) is 5.50 Å². The van der Waals surface area contributed by atoms with Crippen LogP contribution in [0, 0.1) is 0 Å². The Morgan fingerprint density at radius 1 is 0.778 bits per heavy atom. The third-order valence-electron chi connectivity index (χ3n) is 3.01. The molecule has 1 heterocycles. The molecule has 0 aromatic rings. The molecule has 0 amide bonds. The van der Waals surface area contributed by atoms with E-state index in [1.54, 1.807) is 0 Å². The van der Waals surface area contributed by atoms with Crippen LogP contribution in [0.3, 0.4) is 0 Å². The molecule has 2 aliphatic rings. The Morgan fingerprint density at radius 2 is 1.28 bits per heavy atom. The number of hydrogen-bond donors (Lipinski definition) is 0. The van der Waals surface area contributed by atoms with Crippen LogP contribution in [0.5, 0.6) is 0 Å². The van der Waals surface area contributed by atoms with Gasteiger partial charge >= 0.3 is 0 Å². The molecule has 0 spiro atoms. The van der Waals surface area contributed by atoms with Crippen molar-refractivity contribution in [3.63, 3.8) is 0 Å². The molecule has 0 radical (unpaired) electrons. The minimum absolute atomic E-state index is 0.538. The van der Waals surface area contributed by atoms with E-state index in [1.165, 1.54) is 4.90 Å². The van der Waals surface area contributed by atoms with Crippen molar-refractivity contribution in [3.05, 3.63) is 11.3 Å². The zero-order valence-corrected chi connectivity index (χ0v) is 14.6. The van der Waals surface area contributed by atoms with Gasteiger partial charge in [0, 0.05) is 5.70 Å². The number of alkyl halides is 8. The molecular formula is C9H7Cl8N. The Hall–Kier alpha value is 1.86. The molecule has 18 heavy (non-hydrogen) atoms. The standard InChI is InChI=1S/C9H7Cl8N/c10-2-1-3(11)8(15)18(9(16)17)7(1)6(14)5(13)4(2)12/h2-6,8-9H. The molecule has 0 aromatic carbocycles. The monoisotopic (exact) mass is 409 g/mol. The van der Waals surface area contributed by atoms with Gasteiger partial charge in [0.15, 0.2) is 4.96 Å². The lowest BCUT2D eigenvalue weighted by Gasteiger charge is -2.36. The number of allylic oxidation sites excluding steroid dienone is 1.